The molecule has 1 saturated heterocycles. The molecule has 0 aliphatic carbocycles. The number of hydrogen-bond acceptors (Lipinski definition) is 2. The maximum Gasteiger partial charge on any atom is 0.332 e. The molecule has 0 N–H and O–H groups in total. The second-order valence-corrected chi connectivity index (χ2v) is 10.9. The fourth-order valence-electron chi connectivity index (χ4n) is 3.89. The van der Waals surface area contributed by atoms with E-state index in [0.717, 1.165) is 27.5 Å². The van der Waals surface area contributed by atoms with E-state index < -0.39 is 5.54 Å². The zero-order valence-electron chi connectivity index (χ0n) is 18.2. The molecule has 31 heavy (non-hydrogen) atoms. The van der Waals surface area contributed by atoms with Crippen LogP contribution in [-0.4, -0.2) is 61.1 Å². The van der Waals surface area contributed by atoms with Crippen molar-refractivity contribution in [3.05, 3.63) is 62.5 Å². The molecule has 1 aliphatic heterocycles. The van der Waals surface area contributed by atoms with E-state index in [2.05, 4.69) is 37.1 Å². The van der Waals surface area contributed by atoms with Crippen LogP contribution in [0.5, 0.6) is 0 Å². The summed E-state index contributed by atoms with van der Waals surface area (Å²) in [6, 6.07) is 12.2. The monoisotopic (exact) mass is 526 g/mol. The highest BCUT2D eigenvalue weighted by Gasteiger charge is 2.54. The third-order valence-corrected chi connectivity index (χ3v) is 6.42. The van der Waals surface area contributed by atoms with Crippen LogP contribution in [0.1, 0.15) is 18.9 Å². The molecule has 2 aromatic carbocycles. The Kier molecular flexibility index (Phi) is 7.06. The van der Waals surface area contributed by atoms with Gasteiger partial charge in [0.1, 0.15) is 5.54 Å². The van der Waals surface area contributed by atoms with Crippen LogP contribution in [0.25, 0.3) is 0 Å². The summed E-state index contributed by atoms with van der Waals surface area (Å²) in [5.41, 5.74) is 0.364. The molecule has 2 aromatic rings. The summed E-state index contributed by atoms with van der Waals surface area (Å²) >= 11 is 15.8. The lowest BCUT2D eigenvalue weighted by Gasteiger charge is -2.33. The lowest BCUT2D eigenvalue weighted by atomic mass is 9.91. The van der Waals surface area contributed by atoms with Gasteiger partial charge in [-0.15, -0.1) is 0 Å². The van der Waals surface area contributed by atoms with E-state index in [9.17, 15) is 9.59 Å². The first-order valence-corrected chi connectivity index (χ1v) is 11.6. The predicted octanol–water partition coefficient (Wildman–Crippen LogP) is 5.62. The quantitative estimate of drug-likeness (QED) is 0.346. The van der Waals surface area contributed by atoms with Gasteiger partial charge in [-0.3, -0.25) is 4.79 Å². The van der Waals surface area contributed by atoms with Crippen LogP contribution in [-0.2, 0) is 11.2 Å². The molecular weight excluding hydrogens is 501 g/mol. The van der Waals surface area contributed by atoms with Crippen molar-refractivity contribution in [2.75, 3.05) is 39.1 Å². The van der Waals surface area contributed by atoms with Crippen molar-refractivity contribution in [3.8, 4) is 0 Å². The Morgan fingerprint density at radius 1 is 1.00 bits per heavy atom. The molecule has 1 fully saturated rings. The first-order valence-electron chi connectivity index (χ1n) is 10.1. The highest BCUT2D eigenvalue weighted by molar-refractivity contribution is 9.10. The van der Waals surface area contributed by atoms with Crippen molar-refractivity contribution in [2.45, 2.75) is 25.3 Å². The Morgan fingerprint density at radius 2 is 1.58 bits per heavy atom. The SMILES string of the molecule is C[C@@]1(Cc2ccc(Br)cc2)C(=O)N(c2cc(Cl)cc(Cl)c2)C(=O)N1CCC[N+](C)(C)C. The minimum absolute atomic E-state index is 0.274. The van der Waals surface area contributed by atoms with Crippen LogP contribution in [0.4, 0.5) is 10.5 Å². The smallest absolute Gasteiger partial charge is 0.331 e. The van der Waals surface area contributed by atoms with Gasteiger partial charge in [0.25, 0.3) is 5.91 Å². The lowest BCUT2D eigenvalue weighted by Crippen LogP contribution is -2.50. The lowest BCUT2D eigenvalue weighted by molar-refractivity contribution is -0.870. The fourth-order valence-corrected chi connectivity index (χ4v) is 4.67. The first-order chi connectivity index (χ1) is 14.4. The maximum atomic E-state index is 13.7. The summed E-state index contributed by atoms with van der Waals surface area (Å²) in [6.07, 6.45) is 1.20. The zero-order chi connectivity index (χ0) is 23.0. The number of halogens is 3. The van der Waals surface area contributed by atoms with Gasteiger partial charge in [-0.1, -0.05) is 51.3 Å². The van der Waals surface area contributed by atoms with Crippen LogP contribution in [0.15, 0.2) is 46.9 Å². The van der Waals surface area contributed by atoms with E-state index in [0.29, 0.717) is 28.7 Å². The van der Waals surface area contributed by atoms with Gasteiger partial charge in [0.15, 0.2) is 0 Å². The standard InChI is InChI=1S/C23H27BrCl2N3O2/c1-23(15-16-6-8-17(24)9-7-16)21(30)28(20-13-18(25)12-19(26)14-20)22(31)27(23)10-5-11-29(2,3)4/h6-9,12-14H,5,10-11,15H2,1-4H3/q+1/t23-/m1/s1. The normalized spacial score (nSPS) is 19.5. The summed E-state index contributed by atoms with van der Waals surface area (Å²) in [7, 11) is 6.33. The van der Waals surface area contributed by atoms with E-state index in [-0.39, 0.29) is 11.9 Å². The molecule has 0 radical (unpaired) electrons. The summed E-state index contributed by atoms with van der Waals surface area (Å²) in [5, 5.41) is 0.752. The highest BCUT2D eigenvalue weighted by Crippen LogP contribution is 2.37. The number of imide groups is 1. The average molecular weight is 528 g/mol. The number of quaternary nitrogens is 1. The van der Waals surface area contributed by atoms with E-state index in [1.165, 1.54) is 4.90 Å². The molecule has 3 rings (SSSR count). The third kappa shape index (κ3) is 5.43. The van der Waals surface area contributed by atoms with E-state index >= 15 is 0 Å². The van der Waals surface area contributed by atoms with Crippen molar-refractivity contribution in [3.63, 3.8) is 0 Å². The van der Waals surface area contributed by atoms with Crippen molar-refractivity contribution in [1.29, 1.82) is 0 Å². The third-order valence-electron chi connectivity index (χ3n) is 5.46. The molecule has 0 bridgehead atoms. The van der Waals surface area contributed by atoms with Gasteiger partial charge in [0, 0.05) is 33.9 Å². The molecule has 0 unspecified atom stereocenters. The van der Waals surface area contributed by atoms with Gasteiger partial charge in [0.2, 0.25) is 0 Å². The Bertz CT molecular complexity index is 971. The van der Waals surface area contributed by atoms with Crippen molar-refractivity contribution in [2.24, 2.45) is 0 Å². The van der Waals surface area contributed by atoms with Crippen molar-refractivity contribution < 1.29 is 14.1 Å². The van der Waals surface area contributed by atoms with E-state index in [1.54, 1.807) is 23.1 Å². The number of amides is 3. The molecule has 0 saturated carbocycles. The van der Waals surface area contributed by atoms with Gasteiger partial charge in [-0.25, -0.2) is 9.69 Å². The molecule has 1 aliphatic rings. The minimum atomic E-state index is -1.01. The van der Waals surface area contributed by atoms with Crippen LogP contribution in [0, 0.1) is 0 Å². The van der Waals surface area contributed by atoms with Crippen LogP contribution in [0.2, 0.25) is 10.0 Å². The van der Waals surface area contributed by atoms with E-state index in [4.69, 9.17) is 23.2 Å². The molecule has 5 nitrogen and oxygen atoms in total. The molecule has 3 amide bonds. The average Bonchev–Trinajstić information content (AvgIpc) is 2.82. The number of rotatable bonds is 7. The fraction of sp³-hybridized carbons (Fsp3) is 0.391. The second-order valence-electron chi connectivity index (χ2n) is 9.15. The Labute approximate surface area is 202 Å². The molecule has 1 heterocycles. The number of urea groups is 1. The molecular formula is C23H27BrCl2N3O2+. The molecule has 8 heteroatoms. The number of benzene rings is 2. The molecule has 0 aromatic heterocycles. The topological polar surface area (TPSA) is 40.6 Å². The molecule has 166 valence electrons. The number of hydrogen-bond donors (Lipinski definition) is 0. The number of carbonyl (C=O) groups is 2. The van der Waals surface area contributed by atoms with Gasteiger partial charge in [-0.05, 0) is 42.8 Å². The number of nitrogens with zero attached hydrogens (tertiary/aromatic N) is 3. The predicted molar refractivity (Wildman–Crippen MR) is 130 cm³/mol. The first kappa shape index (κ1) is 24.1. The molecule has 1 atom stereocenters. The second kappa shape index (κ2) is 9.10. The summed E-state index contributed by atoms with van der Waals surface area (Å²) in [6.45, 7) is 3.21. The number of carbonyl (C=O) groups excluding carboxylic acids is 2. The van der Waals surface area contributed by atoms with Gasteiger partial charge < -0.3 is 9.38 Å². The van der Waals surface area contributed by atoms with Crippen LogP contribution < -0.4 is 4.90 Å². The summed E-state index contributed by atoms with van der Waals surface area (Å²) in [4.78, 5) is 30.1. The van der Waals surface area contributed by atoms with Gasteiger partial charge in [0.05, 0.1) is 33.4 Å². The van der Waals surface area contributed by atoms with Crippen molar-refractivity contribution in [1.82, 2.24) is 4.90 Å². The zero-order valence-corrected chi connectivity index (χ0v) is 21.3. The largest absolute Gasteiger partial charge is 0.332 e. The molecule has 0 spiro atoms. The van der Waals surface area contributed by atoms with Crippen LogP contribution in [0.3, 0.4) is 0 Å². The minimum Gasteiger partial charge on any atom is -0.331 e. The van der Waals surface area contributed by atoms with Gasteiger partial charge >= 0.3 is 6.03 Å². The van der Waals surface area contributed by atoms with Crippen LogP contribution >= 0.6 is 39.1 Å². The van der Waals surface area contributed by atoms with Gasteiger partial charge in [-0.2, -0.15) is 0 Å². The van der Waals surface area contributed by atoms with E-state index in [1.807, 2.05) is 31.2 Å². The Hall–Kier alpha value is -1.60. The maximum absolute atomic E-state index is 13.7. The van der Waals surface area contributed by atoms with Crippen molar-refractivity contribution >= 4 is 56.8 Å². The Balaban J connectivity index is 1.98. The summed E-state index contributed by atoms with van der Waals surface area (Å²) < 4.78 is 1.75. The number of anilines is 1. The Morgan fingerprint density at radius 3 is 2.13 bits per heavy atom. The highest BCUT2D eigenvalue weighted by atomic mass is 79.9. The summed E-state index contributed by atoms with van der Waals surface area (Å²) in [5.74, 6) is -0.274.